The number of ether oxygens (including phenoxy) is 2. The highest BCUT2D eigenvalue weighted by atomic mass is 32.1. The third-order valence-corrected chi connectivity index (χ3v) is 9.24. The first-order valence-electron chi connectivity index (χ1n) is 16.9. The molecule has 1 fully saturated rings. The number of rotatable bonds is 11. The number of benzene rings is 1. The van der Waals surface area contributed by atoms with Gasteiger partial charge < -0.3 is 29.6 Å². The van der Waals surface area contributed by atoms with Gasteiger partial charge in [0.25, 0.3) is 0 Å². The van der Waals surface area contributed by atoms with E-state index in [9.17, 15) is 14.0 Å². The topological polar surface area (TPSA) is 129 Å². The maximum atomic E-state index is 13.5. The van der Waals surface area contributed by atoms with Crippen molar-refractivity contribution in [1.82, 2.24) is 29.3 Å². The molecule has 11 nitrogen and oxygen atoms in total. The Morgan fingerprint density at radius 3 is 2.29 bits per heavy atom. The summed E-state index contributed by atoms with van der Waals surface area (Å²) < 4.78 is 27.2. The molecular weight excluding hydrogens is 646 g/mol. The summed E-state index contributed by atoms with van der Waals surface area (Å²) in [5, 5.41) is 3.62. The molecule has 1 aliphatic carbocycles. The standard InChI is InChI=1S/C36H48FN7O4S/c1-35(2,3)47-33(45)42(18-14-24-8-11-26(37)12-9-24)16-7-17-43(34(46)48-36(4,5)6)21-25-10-13-27(20-25)44-22-28(32-39-15-19-49-32)29-30(38)40-23-41-31(29)44/h8-9,11-12,15,19,22-23,25,27H,7,10,13-14,16-18,20-21H2,1-6H3,(H2,38,40,41). The number of thiazole rings is 1. The van der Waals surface area contributed by atoms with Gasteiger partial charge in [-0.2, -0.15) is 0 Å². The summed E-state index contributed by atoms with van der Waals surface area (Å²) in [6, 6.07) is 6.45. The van der Waals surface area contributed by atoms with E-state index in [2.05, 4.69) is 25.7 Å². The molecule has 264 valence electrons. The number of halogens is 1. The van der Waals surface area contributed by atoms with Crippen molar-refractivity contribution in [3.63, 3.8) is 0 Å². The molecule has 49 heavy (non-hydrogen) atoms. The van der Waals surface area contributed by atoms with Crippen LogP contribution in [0.15, 0.2) is 48.4 Å². The highest BCUT2D eigenvalue weighted by Gasteiger charge is 2.32. The third-order valence-electron chi connectivity index (χ3n) is 8.43. The molecule has 2 unspecified atom stereocenters. The molecule has 0 aliphatic heterocycles. The number of nitrogens with two attached hydrogens (primary N) is 1. The molecule has 3 aromatic heterocycles. The fourth-order valence-electron chi connectivity index (χ4n) is 6.26. The molecule has 2 N–H and O–H groups in total. The van der Waals surface area contributed by atoms with Crippen molar-refractivity contribution in [3.8, 4) is 10.6 Å². The van der Waals surface area contributed by atoms with Gasteiger partial charge in [-0.25, -0.2) is 28.9 Å². The Morgan fingerprint density at radius 2 is 1.63 bits per heavy atom. The van der Waals surface area contributed by atoms with Crippen LogP contribution < -0.4 is 5.73 Å². The highest BCUT2D eigenvalue weighted by Crippen LogP contribution is 2.41. The van der Waals surface area contributed by atoms with Gasteiger partial charge in [0.1, 0.15) is 39.8 Å². The second-order valence-electron chi connectivity index (χ2n) is 14.7. The van der Waals surface area contributed by atoms with Crippen LogP contribution in [0, 0.1) is 11.7 Å². The van der Waals surface area contributed by atoms with E-state index in [0.29, 0.717) is 44.8 Å². The van der Waals surface area contributed by atoms with Crippen molar-refractivity contribution < 1.29 is 23.5 Å². The second kappa shape index (κ2) is 15.1. The zero-order valence-corrected chi connectivity index (χ0v) is 30.1. The minimum absolute atomic E-state index is 0.171. The molecule has 4 aromatic rings. The van der Waals surface area contributed by atoms with Crippen LogP contribution in [0.1, 0.15) is 78.8 Å². The molecule has 3 heterocycles. The van der Waals surface area contributed by atoms with Gasteiger partial charge >= 0.3 is 12.2 Å². The smallest absolute Gasteiger partial charge is 0.410 e. The lowest BCUT2D eigenvalue weighted by Gasteiger charge is -2.31. The number of nitrogens with zero attached hydrogens (tertiary/aromatic N) is 6. The molecule has 13 heteroatoms. The molecule has 2 atom stereocenters. The van der Waals surface area contributed by atoms with E-state index in [1.54, 1.807) is 39.5 Å². The van der Waals surface area contributed by atoms with Crippen LogP contribution in [0.4, 0.5) is 19.8 Å². The van der Waals surface area contributed by atoms with E-state index in [-0.39, 0.29) is 23.9 Å². The summed E-state index contributed by atoms with van der Waals surface area (Å²) >= 11 is 1.55. The Labute approximate surface area is 291 Å². The first-order chi connectivity index (χ1) is 23.2. The molecule has 1 saturated carbocycles. The number of aromatic nitrogens is 4. The number of hydrogen-bond acceptors (Lipinski definition) is 9. The van der Waals surface area contributed by atoms with E-state index in [0.717, 1.165) is 46.4 Å². The Kier molecular flexibility index (Phi) is 11.1. The minimum atomic E-state index is -0.656. The minimum Gasteiger partial charge on any atom is -0.444 e. The molecule has 0 radical (unpaired) electrons. The molecule has 1 aliphatic rings. The normalized spacial score (nSPS) is 16.6. The van der Waals surface area contributed by atoms with Gasteiger partial charge in [-0.3, -0.25) is 0 Å². The average Bonchev–Trinajstić information content (AvgIpc) is 3.78. The van der Waals surface area contributed by atoms with Crippen LogP contribution in [-0.2, 0) is 15.9 Å². The molecule has 0 spiro atoms. The summed E-state index contributed by atoms with van der Waals surface area (Å²) in [5.74, 6) is 0.361. The lowest BCUT2D eigenvalue weighted by atomic mass is 10.1. The summed E-state index contributed by atoms with van der Waals surface area (Å²) in [4.78, 5) is 43.5. The number of hydrogen-bond donors (Lipinski definition) is 1. The maximum absolute atomic E-state index is 13.5. The van der Waals surface area contributed by atoms with E-state index in [1.807, 2.05) is 46.9 Å². The molecule has 0 bridgehead atoms. The van der Waals surface area contributed by atoms with Crippen molar-refractivity contribution in [2.45, 2.75) is 90.9 Å². The largest absolute Gasteiger partial charge is 0.444 e. The van der Waals surface area contributed by atoms with E-state index in [1.165, 1.54) is 18.5 Å². The maximum Gasteiger partial charge on any atom is 0.410 e. The molecule has 2 amide bonds. The van der Waals surface area contributed by atoms with Crippen molar-refractivity contribution in [3.05, 3.63) is 59.7 Å². The predicted octanol–water partition coefficient (Wildman–Crippen LogP) is 7.72. The van der Waals surface area contributed by atoms with E-state index in [4.69, 9.17) is 15.2 Å². The lowest BCUT2D eigenvalue weighted by molar-refractivity contribution is 0.0186. The number of fused-ring (bicyclic) bond motifs is 1. The van der Waals surface area contributed by atoms with Gasteiger partial charge in [0.15, 0.2) is 0 Å². The van der Waals surface area contributed by atoms with E-state index < -0.39 is 17.3 Å². The van der Waals surface area contributed by atoms with Crippen molar-refractivity contribution in [1.29, 1.82) is 0 Å². The van der Waals surface area contributed by atoms with Gasteiger partial charge in [0, 0.05) is 55.6 Å². The van der Waals surface area contributed by atoms with Crippen LogP contribution in [0.5, 0.6) is 0 Å². The van der Waals surface area contributed by atoms with Crippen LogP contribution >= 0.6 is 11.3 Å². The zero-order valence-electron chi connectivity index (χ0n) is 29.3. The van der Waals surface area contributed by atoms with Crippen molar-refractivity contribution in [2.24, 2.45) is 5.92 Å². The van der Waals surface area contributed by atoms with E-state index >= 15 is 0 Å². The van der Waals surface area contributed by atoms with Gasteiger partial charge in [-0.1, -0.05) is 12.1 Å². The van der Waals surface area contributed by atoms with Crippen molar-refractivity contribution in [2.75, 3.05) is 31.9 Å². The quantitative estimate of drug-likeness (QED) is 0.169. The van der Waals surface area contributed by atoms with Gasteiger partial charge in [0.2, 0.25) is 0 Å². The number of nitrogen functional groups attached to an aromatic ring is 1. The van der Waals surface area contributed by atoms with Crippen LogP contribution in [0.2, 0.25) is 0 Å². The number of anilines is 1. The third kappa shape index (κ3) is 9.68. The molecular formula is C36H48FN7O4S. The van der Waals surface area contributed by atoms with Crippen LogP contribution in [0.25, 0.3) is 21.6 Å². The lowest BCUT2D eigenvalue weighted by Crippen LogP contribution is -2.42. The zero-order chi connectivity index (χ0) is 35.3. The number of carbonyl (C=O) groups is 2. The Hall–Kier alpha value is -4.26. The Morgan fingerprint density at radius 1 is 0.959 bits per heavy atom. The number of carbonyl (C=O) groups excluding carboxylic acids is 2. The SMILES string of the molecule is CC(C)(C)OC(=O)N(CCCN(CC1CCC(n2cc(-c3nccs3)c3c(N)ncnc32)C1)C(=O)OC(C)(C)C)CCc1ccc(F)cc1. The summed E-state index contributed by atoms with van der Waals surface area (Å²) in [6.45, 7) is 12.8. The monoisotopic (exact) mass is 693 g/mol. The fourth-order valence-corrected chi connectivity index (χ4v) is 6.91. The van der Waals surface area contributed by atoms with Crippen LogP contribution in [0.3, 0.4) is 0 Å². The second-order valence-corrected chi connectivity index (χ2v) is 15.6. The fraction of sp³-hybridized carbons (Fsp3) is 0.528. The highest BCUT2D eigenvalue weighted by molar-refractivity contribution is 7.13. The van der Waals surface area contributed by atoms with Gasteiger partial charge in [-0.15, -0.1) is 11.3 Å². The summed E-state index contributed by atoms with van der Waals surface area (Å²) in [6.07, 6.45) is 8.36. The van der Waals surface area contributed by atoms with Gasteiger partial charge in [-0.05, 0) is 97.3 Å². The summed E-state index contributed by atoms with van der Waals surface area (Å²) in [7, 11) is 0. The van der Waals surface area contributed by atoms with Crippen molar-refractivity contribution >= 4 is 40.4 Å². The molecule has 5 rings (SSSR count). The molecule has 0 saturated heterocycles. The number of amides is 2. The summed E-state index contributed by atoms with van der Waals surface area (Å²) in [5.41, 5.74) is 7.66. The van der Waals surface area contributed by atoms with Crippen LogP contribution in [-0.4, -0.2) is 78.9 Å². The first kappa shape index (κ1) is 36.0. The van der Waals surface area contributed by atoms with Gasteiger partial charge in [0.05, 0.1) is 5.39 Å². The first-order valence-corrected chi connectivity index (χ1v) is 17.8. The Bertz CT molecular complexity index is 1710. The predicted molar refractivity (Wildman–Crippen MR) is 190 cm³/mol. The average molecular weight is 694 g/mol. The Balaban J connectivity index is 1.27. The molecule has 1 aromatic carbocycles.